The fourth-order valence-electron chi connectivity index (χ4n) is 2.24. The van der Waals surface area contributed by atoms with E-state index in [1.54, 1.807) is 12.1 Å². The second-order valence-corrected chi connectivity index (χ2v) is 7.59. The molecule has 2 rings (SSSR count). The van der Waals surface area contributed by atoms with Gasteiger partial charge >= 0.3 is 0 Å². The third-order valence-corrected chi connectivity index (χ3v) is 5.95. The first-order valence-electron chi connectivity index (χ1n) is 6.45. The molecule has 0 radical (unpaired) electrons. The third kappa shape index (κ3) is 3.28. The van der Waals surface area contributed by atoms with Gasteiger partial charge in [0.2, 0.25) is 10.0 Å². The number of halogens is 1. The summed E-state index contributed by atoms with van der Waals surface area (Å²) in [7, 11) is -3.42. The Morgan fingerprint density at radius 1 is 1.32 bits per heavy atom. The molecule has 2 atom stereocenters. The van der Waals surface area contributed by atoms with Crippen LogP contribution < -0.4 is 5.73 Å². The van der Waals surface area contributed by atoms with Crippen molar-refractivity contribution in [2.45, 2.75) is 36.1 Å². The van der Waals surface area contributed by atoms with Crippen LogP contribution in [0.2, 0.25) is 0 Å². The standard InChI is InChI=1S/C13H19ClN2O2S/c1-10-4-6-11(7-5-10)19(17,18)16-8-2-3-12(14)13(15)9-16/h4-7,12-13H,2-3,8-9,15H2,1H3/p+1/t12-,13-/m1/s1. The lowest BCUT2D eigenvalue weighted by Gasteiger charge is -2.21. The van der Waals surface area contributed by atoms with Gasteiger partial charge in [-0.1, -0.05) is 17.7 Å². The van der Waals surface area contributed by atoms with Crippen LogP contribution in [0.1, 0.15) is 18.4 Å². The van der Waals surface area contributed by atoms with E-state index in [4.69, 9.17) is 11.6 Å². The molecule has 1 aliphatic rings. The van der Waals surface area contributed by atoms with Gasteiger partial charge in [-0.05, 0) is 31.9 Å². The van der Waals surface area contributed by atoms with E-state index < -0.39 is 10.0 Å². The Morgan fingerprint density at radius 2 is 1.95 bits per heavy atom. The molecule has 1 saturated heterocycles. The molecule has 1 heterocycles. The number of hydrogen-bond acceptors (Lipinski definition) is 2. The minimum absolute atomic E-state index is 0.0433. The van der Waals surface area contributed by atoms with E-state index in [1.165, 1.54) is 4.31 Å². The fraction of sp³-hybridized carbons (Fsp3) is 0.538. The lowest BCUT2D eigenvalue weighted by Crippen LogP contribution is -2.68. The first-order chi connectivity index (χ1) is 8.91. The average Bonchev–Trinajstić information content (AvgIpc) is 2.53. The summed E-state index contributed by atoms with van der Waals surface area (Å²) in [5, 5.41) is -0.0433. The van der Waals surface area contributed by atoms with Gasteiger partial charge in [-0.3, -0.25) is 0 Å². The van der Waals surface area contributed by atoms with Gasteiger partial charge in [0.1, 0.15) is 6.04 Å². The SMILES string of the molecule is Cc1ccc(S(=O)(=O)N2CCC[C@@H](Cl)[C@H]([NH3+])C2)cc1. The van der Waals surface area contributed by atoms with Crippen molar-refractivity contribution in [1.29, 1.82) is 0 Å². The van der Waals surface area contributed by atoms with Crippen molar-refractivity contribution in [2.75, 3.05) is 13.1 Å². The van der Waals surface area contributed by atoms with Crippen LogP contribution in [0, 0.1) is 6.92 Å². The maximum atomic E-state index is 12.6. The number of hydrogen-bond donors (Lipinski definition) is 1. The molecule has 0 aromatic heterocycles. The van der Waals surface area contributed by atoms with E-state index in [2.05, 4.69) is 5.73 Å². The number of aryl methyl sites for hydroxylation is 1. The molecule has 0 amide bonds. The maximum Gasteiger partial charge on any atom is 0.243 e. The smallest absolute Gasteiger partial charge is 0.243 e. The van der Waals surface area contributed by atoms with Crippen molar-refractivity contribution < 1.29 is 14.2 Å². The summed E-state index contributed by atoms with van der Waals surface area (Å²) in [4.78, 5) is 0.346. The zero-order chi connectivity index (χ0) is 14.0. The van der Waals surface area contributed by atoms with Crippen molar-refractivity contribution in [2.24, 2.45) is 0 Å². The highest BCUT2D eigenvalue weighted by Gasteiger charge is 2.32. The maximum absolute atomic E-state index is 12.6. The van der Waals surface area contributed by atoms with Crippen LogP contribution >= 0.6 is 11.6 Å². The molecular formula is C13H20ClN2O2S+. The van der Waals surface area contributed by atoms with Crippen molar-refractivity contribution in [1.82, 2.24) is 4.31 Å². The summed E-state index contributed by atoms with van der Waals surface area (Å²) in [6.07, 6.45) is 1.60. The molecule has 0 saturated carbocycles. The molecule has 1 aromatic carbocycles. The zero-order valence-electron chi connectivity index (χ0n) is 11.0. The van der Waals surface area contributed by atoms with Crippen LogP contribution in [0.5, 0.6) is 0 Å². The number of sulfonamides is 1. The van der Waals surface area contributed by atoms with Crippen LogP contribution in [0.15, 0.2) is 29.2 Å². The molecular weight excluding hydrogens is 284 g/mol. The molecule has 0 aliphatic carbocycles. The van der Waals surface area contributed by atoms with Crippen molar-refractivity contribution >= 4 is 21.6 Å². The summed E-state index contributed by atoms with van der Waals surface area (Å²) in [5.41, 5.74) is 5.02. The summed E-state index contributed by atoms with van der Waals surface area (Å²) < 4.78 is 26.6. The van der Waals surface area contributed by atoms with E-state index in [-0.39, 0.29) is 11.4 Å². The predicted octanol–water partition coefficient (Wildman–Crippen LogP) is 0.997. The van der Waals surface area contributed by atoms with E-state index in [0.717, 1.165) is 18.4 Å². The van der Waals surface area contributed by atoms with Crippen molar-refractivity contribution in [3.63, 3.8) is 0 Å². The minimum Gasteiger partial charge on any atom is -0.353 e. The van der Waals surface area contributed by atoms with Gasteiger partial charge in [0, 0.05) is 6.54 Å². The highest BCUT2D eigenvalue weighted by atomic mass is 35.5. The van der Waals surface area contributed by atoms with Crippen molar-refractivity contribution in [3.8, 4) is 0 Å². The number of nitrogens with zero attached hydrogens (tertiary/aromatic N) is 1. The monoisotopic (exact) mass is 303 g/mol. The molecule has 0 unspecified atom stereocenters. The Morgan fingerprint density at radius 3 is 2.58 bits per heavy atom. The molecule has 1 fully saturated rings. The molecule has 0 bridgehead atoms. The average molecular weight is 304 g/mol. The Bertz CT molecular complexity index is 530. The first-order valence-corrected chi connectivity index (χ1v) is 8.33. The minimum atomic E-state index is -3.42. The summed E-state index contributed by atoms with van der Waals surface area (Å²) in [5.74, 6) is 0. The number of alkyl halides is 1. The van der Waals surface area contributed by atoms with Crippen LogP contribution in [-0.2, 0) is 10.0 Å². The Balaban J connectivity index is 2.26. The van der Waals surface area contributed by atoms with E-state index in [9.17, 15) is 8.42 Å². The van der Waals surface area contributed by atoms with Crippen LogP contribution in [0.25, 0.3) is 0 Å². The van der Waals surface area contributed by atoms with E-state index >= 15 is 0 Å². The number of rotatable bonds is 2. The molecule has 1 aromatic rings. The molecule has 1 aliphatic heterocycles. The second kappa shape index (κ2) is 5.79. The highest BCUT2D eigenvalue weighted by Crippen LogP contribution is 2.21. The molecule has 3 N–H and O–H groups in total. The summed E-state index contributed by atoms with van der Waals surface area (Å²) in [6, 6.07) is 6.88. The van der Waals surface area contributed by atoms with Crippen LogP contribution in [0.4, 0.5) is 0 Å². The normalized spacial score (nSPS) is 26.1. The van der Waals surface area contributed by atoms with E-state index in [1.807, 2.05) is 19.1 Å². The van der Waals surface area contributed by atoms with Crippen molar-refractivity contribution in [3.05, 3.63) is 29.8 Å². The number of quaternary nitrogens is 1. The Labute approximate surface area is 119 Å². The summed E-state index contributed by atoms with van der Waals surface area (Å²) >= 11 is 6.17. The third-order valence-electron chi connectivity index (χ3n) is 3.50. The summed E-state index contributed by atoms with van der Waals surface area (Å²) in [6.45, 7) is 2.85. The molecule has 6 heteroatoms. The van der Waals surface area contributed by atoms with Gasteiger partial charge in [-0.2, -0.15) is 4.31 Å². The van der Waals surface area contributed by atoms with E-state index in [0.29, 0.717) is 18.0 Å². The first kappa shape index (κ1) is 14.8. The largest absolute Gasteiger partial charge is 0.353 e. The van der Waals surface area contributed by atoms with Gasteiger partial charge in [0.25, 0.3) is 0 Å². The van der Waals surface area contributed by atoms with Gasteiger partial charge in [-0.15, -0.1) is 11.6 Å². The highest BCUT2D eigenvalue weighted by molar-refractivity contribution is 7.89. The van der Waals surface area contributed by atoms with Gasteiger partial charge in [0.05, 0.1) is 16.8 Å². The van der Waals surface area contributed by atoms with Crippen LogP contribution in [0.3, 0.4) is 0 Å². The Kier molecular flexibility index (Phi) is 4.50. The van der Waals surface area contributed by atoms with Gasteiger partial charge in [0.15, 0.2) is 0 Å². The fourth-order valence-corrected chi connectivity index (χ4v) is 4.01. The molecule has 19 heavy (non-hydrogen) atoms. The lowest BCUT2D eigenvalue weighted by molar-refractivity contribution is -0.418. The van der Waals surface area contributed by atoms with Gasteiger partial charge in [-0.25, -0.2) is 8.42 Å². The lowest BCUT2D eigenvalue weighted by atomic mass is 10.1. The Hall–Kier alpha value is -0.620. The predicted molar refractivity (Wildman–Crippen MR) is 75.5 cm³/mol. The second-order valence-electron chi connectivity index (χ2n) is 5.09. The van der Waals surface area contributed by atoms with Gasteiger partial charge < -0.3 is 5.73 Å². The topological polar surface area (TPSA) is 65.0 Å². The number of benzene rings is 1. The van der Waals surface area contributed by atoms with Crippen LogP contribution in [-0.4, -0.2) is 37.2 Å². The quantitative estimate of drug-likeness (QED) is 0.828. The molecule has 0 spiro atoms. The molecule has 106 valence electrons. The zero-order valence-corrected chi connectivity index (χ0v) is 12.6. The molecule has 4 nitrogen and oxygen atoms in total.